The molecule has 0 spiro atoms. The van der Waals surface area contributed by atoms with Crippen molar-refractivity contribution in [1.82, 2.24) is 0 Å². The lowest BCUT2D eigenvalue weighted by molar-refractivity contribution is -0.384. The molecule has 0 saturated carbocycles. The zero-order valence-corrected chi connectivity index (χ0v) is 13.6. The number of non-ortho nitro benzene ring substituents is 1. The van der Waals surface area contributed by atoms with Crippen LogP contribution in [0.25, 0.3) is 11.6 Å². The number of ether oxygens (including phenoxy) is 1. The van der Waals surface area contributed by atoms with Crippen LogP contribution in [-0.2, 0) is 0 Å². The second kappa shape index (κ2) is 6.94. The Bertz CT molecular complexity index is 823. The third-order valence-corrected chi connectivity index (χ3v) is 3.79. The number of hydrogen-bond acceptors (Lipinski definition) is 5. The van der Waals surface area contributed by atoms with E-state index in [4.69, 9.17) is 4.74 Å². The van der Waals surface area contributed by atoms with E-state index < -0.39 is 4.92 Å². The summed E-state index contributed by atoms with van der Waals surface area (Å²) in [5, 5.41) is 29.7. The fraction of sp³-hybridized carbons (Fsp3) is 0.0625. The third-order valence-electron chi connectivity index (χ3n) is 3.11. The molecule has 0 aliphatic carbocycles. The van der Waals surface area contributed by atoms with Crippen molar-refractivity contribution in [3.05, 3.63) is 62.1 Å². The fourth-order valence-corrected chi connectivity index (χ4v) is 2.38. The summed E-state index contributed by atoms with van der Waals surface area (Å²) in [4.78, 5) is 10.2. The van der Waals surface area contributed by atoms with Gasteiger partial charge < -0.3 is 9.84 Å². The van der Waals surface area contributed by atoms with Gasteiger partial charge in [-0.3, -0.25) is 10.1 Å². The predicted octanol–water partition coefficient (Wildman–Crippen LogP) is 4.14. The van der Waals surface area contributed by atoms with Crippen LogP contribution in [-0.4, -0.2) is 17.1 Å². The van der Waals surface area contributed by atoms with Crippen molar-refractivity contribution in [1.29, 1.82) is 5.26 Å². The number of halogens is 1. The molecule has 6 nitrogen and oxygen atoms in total. The standard InChI is InChI=1S/C16H11BrN2O4/c1-23-16-7-11(14(17)8-15(16)20)6-12(9-18)10-2-4-13(5-3-10)19(21)22/h2-8,20H,1H3/b12-6-. The normalized spacial score (nSPS) is 10.9. The first-order valence-electron chi connectivity index (χ1n) is 6.39. The maximum atomic E-state index is 10.7. The molecule has 23 heavy (non-hydrogen) atoms. The zero-order chi connectivity index (χ0) is 17.0. The van der Waals surface area contributed by atoms with Gasteiger partial charge in [0.1, 0.15) is 0 Å². The number of nitrogens with zero attached hydrogens (tertiary/aromatic N) is 2. The Labute approximate surface area is 140 Å². The highest BCUT2D eigenvalue weighted by Gasteiger charge is 2.10. The van der Waals surface area contributed by atoms with E-state index in [2.05, 4.69) is 22.0 Å². The van der Waals surface area contributed by atoms with Crippen molar-refractivity contribution >= 4 is 33.3 Å². The van der Waals surface area contributed by atoms with Crippen molar-refractivity contribution in [3.63, 3.8) is 0 Å². The van der Waals surface area contributed by atoms with Crippen LogP contribution >= 0.6 is 15.9 Å². The van der Waals surface area contributed by atoms with Gasteiger partial charge >= 0.3 is 0 Å². The van der Waals surface area contributed by atoms with Crippen LogP contribution in [0, 0.1) is 21.4 Å². The van der Waals surface area contributed by atoms with Crippen LogP contribution in [0.5, 0.6) is 11.5 Å². The van der Waals surface area contributed by atoms with Gasteiger partial charge in [-0.2, -0.15) is 5.26 Å². The first-order valence-corrected chi connectivity index (χ1v) is 7.18. The molecule has 0 fully saturated rings. The minimum atomic E-state index is -0.499. The summed E-state index contributed by atoms with van der Waals surface area (Å²) in [7, 11) is 1.43. The molecule has 0 radical (unpaired) electrons. The van der Waals surface area contributed by atoms with E-state index in [1.165, 1.54) is 37.4 Å². The maximum Gasteiger partial charge on any atom is 0.269 e. The van der Waals surface area contributed by atoms with Gasteiger partial charge in [0.2, 0.25) is 0 Å². The third kappa shape index (κ3) is 3.67. The molecule has 7 heteroatoms. The van der Waals surface area contributed by atoms with Gasteiger partial charge in [0.05, 0.1) is 23.7 Å². The Morgan fingerprint density at radius 3 is 2.57 bits per heavy atom. The maximum absolute atomic E-state index is 10.7. The van der Waals surface area contributed by atoms with E-state index in [-0.39, 0.29) is 17.2 Å². The number of aromatic hydroxyl groups is 1. The number of phenolic OH excluding ortho intramolecular Hbond substituents is 1. The van der Waals surface area contributed by atoms with Gasteiger partial charge in [-0.25, -0.2) is 0 Å². The smallest absolute Gasteiger partial charge is 0.269 e. The molecular formula is C16H11BrN2O4. The summed E-state index contributed by atoms with van der Waals surface area (Å²) < 4.78 is 5.63. The largest absolute Gasteiger partial charge is 0.504 e. The van der Waals surface area contributed by atoms with Crippen molar-refractivity contribution in [2.24, 2.45) is 0 Å². The van der Waals surface area contributed by atoms with Crippen molar-refractivity contribution in [3.8, 4) is 17.6 Å². The minimum absolute atomic E-state index is 0.0228. The van der Waals surface area contributed by atoms with Crippen LogP contribution in [0.1, 0.15) is 11.1 Å². The molecule has 0 amide bonds. The Kier molecular flexibility index (Phi) is 4.98. The molecule has 2 aromatic rings. The molecule has 1 N–H and O–H groups in total. The highest BCUT2D eigenvalue weighted by atomic mass is 79.9. The summed E-state index contributed by atoms with van der Waals surface area (Å²) in [5.41, 5.74) is 1.47. The summed E-state index contributed by atoms with van der Waals surface area (Å²) in [6.45, 7) is 0. The number of phenols is 1. The highest BCUT2D eigenvalue weighted by molar-refractivity contribution is 9.10. The van der Waals surface area contributed by atoms with E-state index in [0.717, 1.165) is 0 Å². The number of methoxy groups -OCH3 is 1. The van der Waals surface area contributed by atoms with Crippen LogP contribution in [0.15, 0.2) is 40.9 Å². The SMILES string of the molecule is COc1cc(/C=C(/C#N)c2ccc([N+](=O)[O-])cc2)c(Br)cc1O. The van der Waals surface area contributed by atoms with E-state index >= 15 is 0 Å². The average molecular weight is 375 g/mol. The summed E-state index contributed by atoms with van der Waals surface area (Å²) in [6, 6.07) is 10.8. The average Bonchev–Trinajstić information content (AvgIpc) is 2.54. The van der Waals surface area contributed by atoms with Gasteiger partial charge in [-0.05, 0) is 41.5 Å². The first-order chi connectivity index (χ1) is 11.0. The fourth-order valence-electron chi connectivity index (χ4n) is 1.93. The second-order valence-corrected chi connectivity index (χ2v) is 5.37. The quantitative estimate of drug-likeness (QED) is 0.375. The van der Waals surface area contributed by atoms with E-state index in [0.29, 0.717) is 21.2 Å². The lowest BCUT2D eigenvalue weighted by atomic mass is 10.0. The number of nitriles is 1. The Balaban J connectivity index is 2.47. The first kappa shape index (κ1) is 16.5. The van der Waals surface area contributed by atoms with Crippen molar-refractivity contribution < 1.29 is 14.8 Å². The van der Waals surface area contributed by atoms with Gasteiger partial charge in [0, 0.05) is 16.6 Å². The Hall–Kier alpha value is -2.85. The number of allylic oxidation sites excluding steroid dienone is 1. The Morgan fingerprint density at radius 2 is 2.04 bits per heavy atom. The van der Waals surface area contributed by atoms with Crippen molar-refractivity contribution in [2.45, 2.75) is 0 Å². The molecule has 0 atom stereocenters. The Morgan fingerprint density at radius 1 is 1.39 bits per heavy atom. The van der Waals surface area contributed by atoms with Crippen molar-refractivity contribution in [2.75, 3.05) is 7.11 Å². The summed E-state index contributed by atoms with van der Waals surface area (Å²) in [6.07, 6.45) is 1.60. The van der Waals surface area contributed by atoms with E-state index in [1.54, 1.807) is 12.1 Å². The minimum Gasteiger partial charge on any atom is -0.504 e. The lowest BCUT2D eigenvalue weighted by Gasteiger charge is -2.07. The van der Waals surface area contributed by atoms with E-state index in [9.17, 15) is 20.5 Å². The van der Waals surface area contributed by atoms with Gasteiger partial charge in [0.15, 0.2) is 11.5 Å². The monoisotopic (exact) mass is 374 g/mol. The van der Waals surface area contributed by atoms with E-state index in [1.807, 2.05) is 0 Å². The number of hydrogen-bond donors (Lipinski definition) is 1. The molecule has 2 aromatic carbocycles. The predicted molar refractivity (Wildman–Crippen MR) is 88.9 cm³/mol. The number of nitro benzene ring substituents is 1. The molecule has 0 aliphatic heterocycles. The van der Waals surface area contributed by atoms with Crippen LogP contribution < -0.4 is 4.74 Å². The molecule has 0 bridgehead atoms. The van der Waals surface area contributed by atoms with Crippen LogP contribution in [0.4, 0.5) is 5.69 Å². The molecule has 2 rings (SSSR count). The molecule has 0 saturated heterocycles. The van der Waals surface area contributed by atoms with Gasteiger partial charge in [-0.1, -0.05) is 15.9 Å². The summed E-state index contributed by atoms with van der Waals surface area (Å²) >= 11 is 3.31. The van der Waals surface area contributed by atoms with Crippen LogP contribution in [0.2, 0.25) is 0 Å². The number of rotatable bonds is 4. The van der Waals surface area contributed by atoms with Gasteiger partial charge in [0.25, 0.3) is 5.69 Å². The zero-order valence-electron chi connectivity index (χ0n) is 12.0. The van der Waals surface area contributed by atoms with Crippen LogP contribution in [0.3, 0.4) is 0 Å². The molecule has 0 aliphatic rings. The molecular weight excluding hydrogens is 364 g/mol. The molecule has 116 valence electrons. The lowest BCUT2D eigenvalue weighted by Crippen LogP contribution is -1.89. The second-order valence-electron chi connectivity index (χ2n) is 4.52. The molecule has 0 unspecified atom stereocenters. The number of benzene rings is 2. The highest BCUT2D eigenvalue weighted by Crippen LogP contribution is 2.34. The van der Waals surface area contributed by atoms with Gasteiger partial charge in [-0.15, -0.1) is 0 Å². The summed E-state index contributed by atoms with van der Waals surface area (Å²) in [5.74, 6) is 0.255. The molecule has 0 aromatic heterocycles. The number of nitro groups is 1. The molecule has 0 heterocycles. The topological polar surface area (TPSA) is 96.4 Å².